The van der Waals surface area contributed by atoms with Crippen molar-refractivity contribution in [2.24, 2.45) is 5.92 Å². The Morgan fingerprint density at radius 3 is 2.56 bits per heavy atom. The zero-order valence-electron chi connectivity index (χ0n) is 9.28. The van der Waals surface area contributed by atoms with Gasteiger partial charge in [0.1, 0.15) is 5.92 Å². The quantitative estimate of drug-likeness (QED) is 0.736. The van der Waals surface area contributed by atoms with Crippen LogP contribution >= 0.6 is 11.8 Å². The second kappa shape index (κ2) is 3.76. The number of hydrogen-bond donors (Lipinski definition) is 1. The molecule has 2 aliphatic rings. The van der Waals surface area contributed by atoms with Gasteiger partial charge < -0.3 is 0 Å². The maximum Gasteiger partial charge on any atom is 0.330 e. The van der Waals surface area contributed by atoms with E-state index in [2.05, 4.69) is 5.32 Å². The van der Waals surface area contributed by atoms with E-state index in [-0.39, 0.29) is 10.7 Å². The summed E-state index contributed by atoms with van der Waals surface area (Å²) >= 11 is 1.68. The number of carbonyl (C=O) groups is 3. The van der Waals surface area contributed by atoms with Crippen molar-refractivity contribution in [2.75, 3.05) is 12.8 Å². The van der Waals surface area contributed by atoms with Crippen LogP contribution in [0.5, 0.6) is 0 Å². The first kappa shape index (κ1) is 11.4. The minimum absolute atomic E-state index is 0.0348. The van der Waals surface area contributed by atoms with Gasteiger partial charge in [-0.25, -0.2) is 4.79 Å². The van der Waals surface area contributed by atoms with E-state index in [1.165, 1.54) is 11.8 Å². The number of nitrogens with one attached hydrogen (secondary N) is 1. The topological polar surface area (TPSA) is 66.5 Å². The molecule has 1 aliphatic carbocycles. The van der Waals surface area contributed by atoms with Crippen LogP contribution in [0.1, 0.15) is 19.8 Å². The Balaban J connectivity index is 2.11. The highest BCUT2D eigenvalue weighted by Gasteiger charge is 2.48. The number of thioether (sulfide) groups is 1. The normalized spacial score (nSPS) is 28.0. The molecule has 0 aromatic rings. The number of barbiturate groups is 1. The van der Waals surface area contributed by atoms with E-state index < -0.39 is 17.9 Å². The second-order valence-electron chi connectivity index (χ2n) is 4.33. The van der Waals surface area contributed by atoms with E-state index in [4.69, 9.17) is 0 Å². The molecular weight excluding hydrogens is 228 g/mol. The molecule has 88 valence electrons. The molecule has 1 unspecified atom stereocenters. The lowest BCUT2D eigenvalue weighted by Crippen LogP contribution is -2.58. The molecule has 4 amide bonds. The summed E-state index contributed by atoms with van der Waals surface area (Å²) in [6.45, 7) is 1.94. The van der Waals surface area contributed by atoms with Crippen LogP contribution in [-0.4, -0.2) is 40.3 Å². The van der Waals surface area contributed by atoms with Crippen molar-refractivity contribution in [3.05, 3.63) is 0 Å². The monoisotopic (exact) mass is 242 g/mol. The standard InChI is InChI=1S/C10H14N2O3S/c1-6-7(13)11-9(15)12(8(6)14)5-10(16-2)3-4-10/h6H,3-5H2,1-2H3,(H,11,13,15). The Labute approximate surface area is 97.9 Å². The van der Waals surface area contributed by atoms with Crippen LogP contribution in [0.15, 0.2) is 0 Å². The molecule has 1 saturated heterocycles. The Kier molecular flexibility index (Phi) is 2.69. The van der Waals surface area contributed by atoms with Crippen molar-refractivity contribution >= 4 is 29.6 Å². The lowest BCUT2D eigenvalue weighted by Gasteiger charge is -2.30. The fourth-order valence-corrected chi connectivity index (χ4v) is 2.50. The average molecular weight is 242 g/mol. The molecule has 0 radical (unpaired) electrons. The van der Waals surface area contributed by atoms with E-state index in [0.717, 1.165) is 12.8 Å². The highest BCUT2D eigenvalue weighted by atomic mass is 32.2. The Morgan fingerprint density at radius 2 is 2.06 bits per heavy atom. The second-order valence-corrected chi connectivity index (χ2v) is 5.60. The van der Waals surface area contributed by atoms with Crippen molar-refractivity contribution in [1.82, 2.24) is 10.2 Å². The van der Waals surface area contributed by atoms with Gasteiger partial charge in [0, 0.05) is 11.3 Å². The van der Waals surface area contributed by atoms with Crippen LogP contribution in [0, 0.1) is 5.92 Å². The molecule has 1 heterocycles. The predicted octanol–water partition coefficient (Wildman–Crippen LogP) is 0.597. The van der Waals surface area contributed by atoms with Crippen LogP contribution in [0.4, 0.5) is 4.79 Å². The number of carbonyl (C=O) groups excluding carboxylic acids is 3. The van der Waals surface area contributed by atoms with Gasteiger partial charge in [0.2, 0.25) is 11.8 Å². The Morgan fingerprint density at radius 1 is 1.44 bits per heavy atom. The van der Waals surface area contributed by atoms with E-state index in [1.807, 2.05) is 6.26 Å². The van der Waals surface area contributed by atoms with Crippen molar-refractivity contribution in [3.8, 4) is 0 Å². The zero-order valence-corrected chi connectivity index (χ0v) is 10.1. The fraction of sp³-hybridized carbons (Fsp3) is 0.700. The number of amides is 4. The first-order valence-corrected chi connectivity index (χ1v) is 6.43. The average Bonchev–Trinajstić information content (AvgIpc) is 3.02. The fourth-order valence-electron chi connectivity index (χ4n) is 1.73. The molecular formula is C10H14N2O3S. The molecule has 1 atom stereocenters. The first-order valence-electron chi connectivity index (χ1n) is 5.20. The number of imide groups is 2. The summed E-state index contributed by atoms with van der Waals surface area (Å²) in [7, 11) is 0. The minimum atomic E-state index is -0.754. The van der Waals surface area contributed by atoms with Crippen molar-refractivity contribution < 1.29 is 14.4 Å². The van der Waals surface area contributed by atoms with E-state index >= 15 is 0 Å². The summed E-state index contributed by atoms with van der Waals surface area (Å²) in [5, 5.41) is 2.20. The molecule has 6 heteroatoms. The van der Waals surface area contributed by atoms with Crippen LogP contribution in [0.3, 0.4) is 0 Å². The third-order valence-corrected chi connectivity index (χ3v) is 4.60. The Bertz CT molecular complexity index is 365. The largest absolute Gasteiger partial charge is 0.330 e. The minimum Gasteiger partial charge on any atom is -0.277 e. The van der Waals surface area contributed by atoms with Crippen molar-refractivity contribution in [3.63, 3.8) is 0 Å². The molecule has 0 spiro atoms. The molecule has 16 heavy (non-hydrogen) atoms. The summed E-state index contributed by atoms with van der Waals surface area (Å²) in [5.41, 5.74) is 0. The van der Waals surface area contributed by atoms with Gasteiger partial charge in [0.15, 0.2) is 0 Å². The van der Waals surface area contributed by atoms with Crippen molar-refractivity contribution in [2.45, 2.75) is 24.5 Å². The summed E-state index contributed by atoms with van der Waals surface area (Å²) in [5.74, 6) is -1.63. The van der Waals surface area contributed by atoms with Gasteiger partial charge in [-0.15, -0.1) is 0 Å². The highest BCUT2D eigenvalue weighted by Crippen LogP contribution is 2.47. The zero-order chi connectivity index (χ0) is 11.9. The summed E-state index contributed by atoms with van der Waals surface area (Å²) in [4.78, 5) is 35.8. The third kappa shape index (κ3) is 1.81. The molecule has 0 aromatic heterocycles. The van der Waals surface area contributed by atoms with Crippen LogP contribution in [0.2, 0.25) is 0 Å². The highest BCUT2D eigenvalue weighted by molar-refractivity contribution is 8.00. The van der Waals surface area contributed by atoms with Crippen LogP contribution < -0.4 is 5.32 Å². The van der Waals surface area contributed by atoms with E-state index in [1.54, 1.807) is 11.8 Å². The molecule has 2 fully saturated rings. The van der Waals surface area contributed by atoms with Gasteiger partial charge in [-0.1, -0.05) is 0 Å². The number of hydrogen-bond acceptors (Lipinski definition) is 4. The van der Waals surface area contributed by atoms with Crippen molar-refractivity contribution in [1.29, 1.82) is 0 Å². The number of rotatable bonds is 3. The van der Waals surface area contributed by atoms with Gasteiger partial charge in [-0.05, 0) is 26.0 Å². The summed E-state index contributed by atoms with van der Waals surface area (Å²) in [6.07, 6.45) is 4.02. The molecule has 2 rings (SSSR count). The Hall–Kier alpha value is -1.04. The summed E-state index contributed by atoms with van der Waals surface area (Å²) < 4.78 is 0.0348. The van der Waals surface area contributed by atoms with Gasteiger partial charge in [-0.3, -0.25) is 19.8 Å². The van der Waals surface area contributed by atoms with Gasteiger partial charge in [0.25, 0.3) is 0 Å². The number of nitrogens with zero attached hydrogens (tertiary/aromatic N) is 1. The van der Waals surface area contributed by atoms with Gasteiger partial charge in [-0.2, -0.15) is 11.8 Å². The summed E-state index contributed by atoms with van der Waals surface area (Å²) in [6, 6.07) is -0.576. The smallest absolute Gasteiger partial charge is 0.277 e. The van der Waals surface area contributed by atoms with Crippen LogP contribution in [0.25, 0.3) is 0 Å². The predicted molar refractivity (Wildman–Crippen MR) is 59.9 cm³/mol. The molecule has 0 bridgehead atoms. The van der Waals surface area contributed by atoms with E-state index in [9.17, 15) is 14.4 Å². The van der Waals surface area contributed by atoms with Crippen LogP contribution in [-0.2, 0) is 9.59 Å². The SMILES string of the molecule is CSC1(CN2C(=O)NC(=O)C(C)C2=O)CC1. The molecule has 1 saturated carbocycles. The maximum atomic E-state index is 11.8. The lowest BCUT2D eigenvalue weighted by atomic mass is 10.1. The molecule has 5 nitrogen and oxygen atoms in total. The molecule has 1 aliphatic heterocycles. The number of urea groups is 1. The first-order chi connectivity index (χ1) is 7.49. The van der Waals surface area contributed by atoms with E-state index in [0.29, 0.717) is 6.54 Å². The molecule has 1 N–H and O–H groups in total. The maximum absolute atomic E-state index is 11.8. The van der Waals surface area contributed by atoms with Gasteiger partial charge >= 0.3 is 6.03 Å². The van der Waals surface area contributed by atoms with Gasteiger partial charge in [0.05, 0.1) is 0 Å². The lowest BCUT2D eigenvalue weighted by molar-refractivity contribution is -0.141. The molecule has 0 aromatic carbocycles. The third-order valence-electron chi connectivity index (χ3n) is 3.19.